The van der Waals surface area contributed by atoms with Crippen molar-refractivity contribution in [1.29, 1.82) is 0 Å². The van der Waals surface area contributed by atoms with Gasteiger partial charge in [-0.05, 0) is 23.8 Å². The lowest BCUT2D eigenvalue weighted by molar-refractivity contribution is -0.118. The summed E-state index contributed by atoms with van der Waals surface area (Å²) in [4.78, 5) is 34.5. The molecule has 2 aromatic carbocycles. The fraction of sp³-hybridized carbons (Fsp3) is 0.111. The van der Waals surface area contributed by atoms with Crippen LogP contribution < -0.4 is 10.2 Å². The van der Waals surface area contributed by atoms with E-state index in [1.54, 1.807) is 30.6 Å². The second-order valence-corrected chi connectivity index (χ2v) is 5.59. The van der Waals surface area contributed by atoms with E-state index < -0.39 is 12.1 Å². The number of anilines is 1. The van der Waals surface area contributed by atoms with Crippen LogP contribution in [-0.2, 0) is 11.2 Å². The summed E-state index contributed by atoms with van der Waals surface area (Å²) < 4.78 is 0. The molecule has 6 heteroatoms. The summed E-state index contributed by atoms with van der Waals surface area (Å²) in [5, 5.41) is 2.75. The quantitative estimate of drug-likeness (QED) is 0.752. The van der Waals surface area contributed by atoms with Crippen LogP contribution in [0.5, 0.6) is 0 Å². The van der Waals surface area contributed by atoms with Gasteiger partial charge in [0.1, 0.15) is 6.04 Å². The molecule has 0 radical (unpaired) electrons. The van der Waals surface area contributed by atoms with Gasteiger partial charge in [-0.3, -0.25) is 14.8 Å². The van der Waals surface area contributed by atoms with E-state index >= 15 is 0 Å². The van der Waals surface area contributed by atoms with E-state index in [-0.39, 0.29) is 5.91 Å². The van der Waals surface area contributed by atoms with Gasteiger partial charge in [-0.15, -0.1) is 0 Å². The van der Waals surface area contributed by atoms with Crippen molar-refractivity contribution in [3.63, 3.8) is 0 Å². The topological polar surface area (TPSA) is 75.2 Å². The van der Waals surface area contributed by atoms with Crippen molar-refractivity contribution in [1.82, 2.24) is 15.3 Å². The average Bonchev–Trinajstić information content (AvgIpc) is 2.89. The summed E-state index contributed by atoms with van der Waals surface area (Å²) in [6.07, 6.45) is 3.65. The van der Waals surface area contributed by atoms with E-state index in [9.17, 15) is 9.59 Å². The second kappa shape index (κ2) is 5.73. The standard InChI is InChI=1S/C18H14N4O2/c23-17-16(10-12-4-2-1-3-5-12)21-18(24)22(17)13-6-7-14-15(11-13)20-9-8-19-14/h1-9,11,16H,10H2,(H,21,24)/t16-/m1/s1. The molecule has 0 aliphatic carbocycles. The van der Waals surface area contributed by atoms with Gasteiger partial charge in [-0.25, -0.2) is 9.69 Å². The summed E-state index contributed by atoms with van der Waals surface area (Å²) >= 11 is 0. The Morgan fingerprint density at radius 3 is 2.50 bits per heavy atom. The number of aromatic nitrogens is 2. The number of benzene rings is 2. The van der Waals surface area contributed by atoms with Crippen LogP contribution in [0.2, 0.25) is 0 Å². The normalized spacial score (nSPS) is 17.3. The van der Waals surface area contributed by atoms with Gasteiger partial charge < -0.3 is 5.32 Å². The van der Waals surface area contributed by atoms with Gasteiger partial charge in [0.2, 0.25) is 0 Å². The number of hydrogen-bond donors (Lipinski definition) is 1. The first kappa shape index (κ1) is 14.3. The Balaban J connectivity index is 1.63. The van der Waals surface area contributed by atoms with Gasteiger partial charge in [-0.1, -0.05) is 30.3 Å². The van der Waals surface area contributed by atoms with Crippen molar-refractivity contribution in [2.24, 2.45) is 0 Å². The zero-order chi connectivity index (χ0) is 16.5. The van der Waals surface area contributed by atoms with Crippen LogP contribution in [-0.4, -0.2) is 27.9 Å². The second-order valence-electron chi connectivity index (χ2n) is 5.59. The third-order valence-electron chi connectivity index (χ3n) is 4.01. The molecule has 4 rings (SSSR count). The molecule has 1 aliphatic heterocycles. The smallest absolute Gasteiger partial charge is 0.325 e. The summed E-state index contributed by atoms with van der Waals surface area (Å²) in [5.41, 5.74) is 2.86. The molecule has 1 N–H and O–H groups in total. The lowest BCUT2D eigenvalue weighted by atomic mass is 10.1. The highest BCUT2D eigenvalue weighted by Crippen LogP contribution is 2.24. The number of nitrogens with one attached hydrogen (secondary N) is 1. The molecule has 1 atom stereocenters. The van der Waals surface area contributed by atoms with Crippen LogP contribution in [0, 0.1) is 0 Å². The lowest BCUT2D eigenvalue weighted by Gasteiger charge is -2.13. The third-order valence-corrected chi connectivity index (χ3v) is 4.01. The minimum atomic E-state index is -0.558. The van der Waals surface area contributed by atoms with E-state index in [0.29, 0.717) is 23.1 Å². The SMILES string of the molecule is O=C1N[C@H](Cc2ccccc2)C(=O)N1c1ccc2nccnc2c1. The Bertz CT molecular complexity index is 926. The van der Waals surface area contributed by atoms with Crippen molar-refractivity contribution in [3.05, 3.63) is 66.5 Å². The number of fused-ring (bicyclic) bond motifs is 1. The van der Waals surface area contributed by atoms with Crippen LogP contribution in [0.3, 0.4) is 0 Å². The van der Waals surface area contributed by atoms with E-state index in [1.807, 2.05) is 30.3 Å². The number of nitrogens with zero attached hydrogens (tertiary/aromatic N) is 3. The first-order chi connectivity index (χ1) is 11.7. The number of hydrogen-bond acceptors (Lipinski definition) is 4. The first-order valence-corrected chi connectivity index (χ1v) is 7.61. The largest absolute Gasteiger partial charge is 0.329 e. The minimum Gasteiger partial charge on any atom is -0.325 e. The Labute approximate surface area is 138 Å². The fourth-order valence-corrected chi connectivity index (χ4v) is 2.85. The third kappa shape index (κ3) is 2.48. The van der Waals surface area contributed by atoms with Gasteiger partial charge in [-0.2, -0.15) is 0 Å². The Morgan fingerprint density at radius 2 is 1.71 bits per heavy atom. The number of amides is 3. The lowest BCUT2D eigenvalue weighted by Crippen LogP contribution is -2.32. The molecule has 1 fully saturated rings. The number of carbonyl (C=O) groups excluding carboxylic acids is 2. The van der Waals surface area contributed by atoms with E-state index in [4.69, 9.17) is 0 Å². The molecule has 3 aromatic rings. The summed E-state index contributed by atoms with van der Waals surface area (Å²) in [6.45, 7) is 0. The summed E-state index contributed by atoms with van der Waals surface area (Å²) in [5.74, 6) is -0.257. The summed E-state index contributed by atoms with van der Waals surface area (Å²) in [7, 11) is 0. The number of imide groups is 1. The van der Waals surface area contributed by atoms with Gasteiger partial charge in [0, 0.05) is 18.8 Å². The molecular formula is C18H14N4O2. The maximum Gasteiger partial charge on any atom is 0.329 e. The zero-order valence-electron chi connectivity index (χ0n) is 12.7. The monoisotopic (exact) mass is 318 g/mol. The van der Waals surface area contributed by atoms with Crippen molar-refractivity contribution in [2.45, 2.75) is 12.5 Å². The summed E-state index contributed by atoms with van der Waals surface area (Å²) in [6, 6.07) is 13.8. The van der Waals surface area contributed by atoms with Crippen LogP contribution in [0.4, 0.5) is 10.5 Å². The van der Waals surface area contributed by atoms with Crippen molar-refractivity contribution in [3.8, 4) is 0 Å². The molecule has 1 aromatic heterocycles. The molecule has 2 heterocycles. The molecule has 0 spiro atoms. The Kier molecular flexibility index (Phi) is 3.42. The molecular weight excluding hydrogens is 304 g/mol. The zero-order valence-corrected chi connectivity index (χ0v) is 12.7. The molecule has 24 heavy (non-hydrogen) atoms. The predicted octanol–water partition coefficient (Wildman–Crippen LogP) is 2.30. The highest BCUT2D eigenvalue weighted by atomic mass is 16.2. The van der Waals surface area contributed by atoms with Gasteiger partial charge >= 0.3 is 6.03 Å². The first-order valence-electron chi connectivity index (χ1n) is 7.61. The Morgan fingerprint density at radius 1 is 0.958 bits per heavy atom. The van der Waals surface area contributed by atoms with Crippen LogP contribution in [0.25, 0.3) is 11.0 Å². The number of urea groups is 1. The molecule has 6 nitrogen and oxygen atoms in total. The fourth-order valence-electron chi connectivity index (χ4n) is 2.85. The van der Waals surface area contributed by atoms with E-state index in [2.05, 4.69) is 15.3 Å². The highest BCUT2D eigenvalue weighted by Gasteiger charge is 2.39. The maximum atomic E-state index is 12.7. The molecule has 118 valence electrons. The van der Waals surface area contributed by atoms with Crippen molar-refractivity contribution < 1.29 is 9.59 Å². The van der Waals surface area contributed by atoms with Crippen LogP contribution in [0.15, 0.2) is 60.9 Å². The molecule has 3 amide bonds. The van der Waals surface area contributed by atoms with Gasteiger partial charge in [0.05, 0.1) is 16.7 Å². The number of carbonyl (C=O) groups is 2. The highest BCUT2D eigenvalue weighted by molar-refractivity contribution is 6.21. The average molecular weight is 318 g/mol. The predicted molar refractivity (Wildman–Crippen MR) is 89.5 cm³/mol. The molecule has 0 saturated carbocycles. The maximum absolute atomic E-state index is 12.7. The van der Waals surface area contributed by atoms with E-state index in [1.165, 1.54) is 4.90 Å². The molecule has 1 saturated heterocycles. The molecule has 0 bridgehead atoms. The Hall–Kier alpha value is -3.28. The van der Waals surface area contributed by atoms with Crippen molar-refractivity contribution >= 4 is 28.7 Å². The minimum absolute atomic E-state index is 0.257. The van der Waals surface area contributed by atoms with Crippen LogP contribution >= 0.6 is 0 Å². The molecule has 1 aliphatic rings. The van der Waals surface area contributed by atoms with Crippen molar-refractivity contribution in [2.75, 3.05) is 4.90 Å². The number of rotatable bonds is 3. The van der Waals surface area contributed by atoms with Crippen LogP contribution in [0.1, 0.15) is 5.56 Å². The molecule has 0 unspecified atom stereocenters. The van der Waals surface area contributed by atoms with Gasteiger partial charge in [0.15, 0.2) is 0 Å². The van der Waals surface area contributed by atoms with Gasteiger partial charge in [0.25, 0.3) is 5.91 Å². The van der Waals surface area contributed by atoms with E-state index in [0.717, 1.165) is 5.56 Å².